The van der Waals surface area contributed by atoms with Crippen LogP contribution in [0.5, 0.6) is 0 Å². The zero-order valence-corrected chi connectivity index (χ0v) is 10.6. The van der Waals surface area contributed by atoms with Crippen LogP contribution in [-0.4, -0.2) is 16.5 Å². The highest BCUT2D eigenvalue weighted by atomic mass is 28.2. The van der Waals surface area contributed by atoms with Gasteiger partial charge in [0.15, 0.2) is 0 Å². The first kappa shape index (κ1) is 11.7. The Kier molecular flexibility index (Phi) is 5.21. The number of carbonyl (C=O) groups excluding carboxylic acids is 1. The van der Waals surface area contributed by atoms with Gasteiger partial charge in [-0.05, 0) is 24.7 Å². The topological polar surface area (TPSA) is 26.3 Å². The van der Waals surface area contributed by atoms with E-state index >= 15 is 0 Å². The van der Waals surface area contributed by atoms with Crippen LogP contribution < -0.4 is 0 Å². The standard InChI is InChI=1S/C9H20O2Si/c1-4-9(5-2,6-3)7-8(10)11-12/h4-7H2,1-3,12H3. The maximum absolute atomic E-state index is 11.1. The molecule has 0 radical (unpaired) electrons. The first-order valence-corrected chi connectivity index (χ1v) is 5.52. The van der Waals surface area contributed by atoms with Crippen LogP contribution in [-0.2, 0) is 9.22 Å². The van der Waals surface area contributed by atoms with Crippen LogP contribution in [0.4, 0.5) is 0 Å². The lowest BCUT2D eigenvalue weighted by molar-refractivity contribution is -0.137. The second-order valence-electron chi connectivity index (χ2n) is 3.31. The van der Waals surface area contributed by atoms with Gasteiger partial charge in [-0.2, -0.15) is 0 Å². The predicted octanol–water partition coefficient (Wildman–Crippen LogP) is 1.42. The SMILES string of the molecule is CCC(CC)(CC)CC(=O)O[SiH3]. The van der Waals surface area contributed by atoms with Gasteiger partial charge in [0.1, 0.15) is 0 Å². The molecule has 0 saturated heterocycles. The van der Waals surface area contributed by atoms with E-state index in [2.05, 4.69) is 20.8 Å². The molecule has 0 aromatic heterocycles. The molecule has 0 heterocycles. The van der Waals surface area contributed by atoms with E-state index in [9.17, 15) is 4.79 Å². The van der Waals surface area contributed by atoms with Crippen molar-refractivity contribution in [1.82, 2.24) is 0 Å². The average molecular weight is 188 g/mol. The Morgan fingerprint density at radius 2 is 1.67 bits per heavy atom. The molecule has 0 N–H and O–H groups in total. The van der Waals surface area contributed by atoms with Crippen molar-refractivity contribution in [2.24, 2.45) is 5.41 Å². The summed E-state index contributed by atoms with van der Waals surface area (Å²) in [4.78, 5) is 11.1. The minimum atomic E-state index is -0.0211. The highest BCUT2D eigenvalue weighted by molar-refractivity contribution is 6.05. The molecule has 0 atom stereocenters. The Hall–Kier alpha value is -0.313. The van der Waals surface area contributed by atoms with Gasteiger partial charge in [0.2, 0.25) is 10.5 Å². The van der Waals surface area contributed by atoms with Crippen molar-refractivity contribution in [2.75, 3.05) is 0 Å². The third-order valence-electron chi connectivity index (χ3n) is 3.00. The molecule has 12 heavy (non-hydrogen) atoms. The minimum absolute atomic E-state index is 0.0211. The van der Waals surface area contributed by atoms with E-state index in [1.165, 1.54) is 0 Å². The van der Waals surface area contributed by atoms with Crippen LogP contribution in [0.3, 0.4) is 0 Å². The normalized spacial score (nSPS) is 11.6. The number of hydrogen-bond donors (Lipinski definition) is 0. The fraction of sp³-hybridized carbons (Fsp3) is 0.889. The summed E-state index contributed by atoms with van der Waals surface area (Å²) >= 11 is 0. The molecule has 0 aliphatic carbocycles. The summed E-state index contributed by atoms with van der Waals surface area (Å²) < 4.78 is 4.81. The second-order valence-corrected chi connectivity index (χ2v) is 3.72. The molecule has 0 rings (SSSR count). The summed E-state index contributed by atoms with van der Waals surface area (Å²) in [5, 5.41) is 0. The van der Waals surface area contributed by atoms with Gasteiger partial charge in [-0.25, -0.2) is 0 Å². The van der Waals surface area contributed by atoms with Crippen LogP contribution in [0.15, 0.2) is 0 Å². The Balaban J connectivity index is 4.19. The zero-order chi connectivity index (χ0) is 9.61. The van der Waals surface area contributed by atoms with Gasteiger partial charge >= 0.3 is 0 Å². The number of hydrogen-bond acceptors (Lipinski definition) is 2. The fourth-order valence-electron chi connectivity index (χ4n) is 1.50. The monoisotopic (exact) mass is 188 g/mol. The first-order chi connectivity index (χ1) is 5.64. The maximum Gasteiger partial charge on any atom is 0.292 e. The molecule has 0 aliphatic rings. The van der Waals surface area contributed by atoms with Crippen molar-refractivity contribution in [2.45, 2.75) is 46.5 Å². The van der Waals surface area contributed by atoms with Crippen molar-refractivity contribution in [1.29, 1.82) is 0 Å². The van der Waals surface area contributed by atoms with E-state index in [0.29, 0.717) is 16.9 Å². The van der Waals surface area contributed by atoms with Gasteiger partial charge < -0.3 is 4.43 Å². The van der Waals surface area contributed by atoms with Gasteiger partial charge in [0, 0.05) is 6.42 Å². The summed E-state index contributed by atoms with van der Waals surface area (Å²) in [5.41, 5.74) is 0.196. The van der Waals surface area contributed by atoms with E-state index in [4.69, 9.17) is 4.43 Å². The average Bonchev–Trinajstić information content (AvgIpc) is 2.14. The summed E-state index contributed by atoms with van der Waals surface area (Å²) in [7, 11) is 0.524. The lowest BCUT2D eigenvalue weighted by atomic mass is 9.77. The molecule has 0 fully saturated rings. The number of carbonyl (C=O) groups is 1. The lowest BCUT2D eigenvalue weighted by Crippen LogP contribution is -2.23. The Morgan fingerprint density at radius 1 is 1.25 bits per heavy atom. The predicted molar refractivity (Wildman–Crippen MR) is 54.0 cm³/mol. The van der Waals surface area contributed by atoms with Crippen LogP contribution >= 0.6 is 0 Å². The van der Waals surface area contributed by atoms with Gasteiger partial charge in [-0.3, -0.25) is 4.79 Å². The van der Waals surface area contributed by atoms with Crippen molar-refractivity contribution in [3.63, 3.8) is 0 Å². The summed E-state index contributed by atoms with van der Waals surface area (Å²) in [5.74, 6) is -0.0211. The first-order valence-electron chi connectivity index (χ1n) is 4.71. The third kappa shape index (κ3) is 2.97. The van der Waals surface area contributed by atoms with Gasteiger partial charge in [0.25, 0.3) is 5.97 Å². The molecule has 0 saturated carbocycles. The third-order valence-corrected chi connectivity index (χ3v) is 3.45. The highest BCUT2D eigenvalue weighted by Crippen LogP contribution is 2.34. The van der Waals surface area contributed by atoms with Gasteiger partial charge in [0.05, 0.1) is 0 Å². The molecule has 0 aliphatic heterocycles. The zero-order valence-electron chi connectivity index (χ0n) is 8.64. The van der Waals surface area contributed by atoms with E-state index in [0.717, 1.165) is 19.3 Å². The molecule has 0 aromatic rings. The fourth-order valence-corrected chi connectivity index (χ4v) is 1.65. The molecule has 0 aromatic carbocycles. The molecule has 0 spiro atoms. The van der Waals surface area contributed by atoms with Crippen molar-refractivity contribution >= 4 is 16.5 Å². The maximum atomic E-state index is 11.1. The Bertz CT molecular complexity index is 133. The van der Waals surface area contributed by atoms with E-state index in [1.54, 1.807) is 0 Å². The van der Waals surface area contributed by atoms with Gasteiger partial charge in [-0.15, -0.1) is 0 Å². The Morgan fingerprint density at radius 3 is 1.92 bits per heavy atom. The Labute approximate surface area is 78.2 Å². The largest absolute Gasteiger partial charge is 0.529 e. The van der Waals surface area contributed by atoms with E-state index in [-0.39, 0.29) is 11.4 Å². The lowest BCUT2D eigenvalue weighted by Gasteiger charge is -2.28. The number of rotatable bonds is 5. The van der Waals surface area contributed by atoms with E-state index in [1.807, 2.05) is 0 Å². The second kappa shape index (κ2) is 5.35. The molecule has 2 nitrogen and oxygen atoms in total. The summed E-state index contributed by atoms with van der Waals surface area (Å²) in [6.45, 7) is 6.44. The molecule has 3 heteroatoms. The smallest absolute Gasteiger partial charge is 0.292 e. The molecule has 72 valence electrons. The van der Waals surface area contributed by atoms with Crippen LogP contribution in [0, 0.1) is 5.41 Å². The van der Waals surface area contributed by atoms with Crippen LogP contribution in [0.1, 0.15) is 46.5 Å². The van der Waals surface area contributed by atoms with Crippen molar-refractivity contribution in [3.05, 3.63) is 0 Å². The van der Waals surface area contributed by atoms with E-state index < -0.39 is 0 Å². The van der Waals surface area contributed by atoms with Gasteiger partial charge in [-0.1, -0.05) is 20.8 Å². The quantitative estimate of drug-likeness (QED) is 0.610. The molecular formula is C9H20O2Si. The van der Waals surface area contributed by atoms with Crippen molar-refractivity contribution in [3.8, 4) is 0 Å². The summed E-state index contributed by atoms with van der Waals surface area (Å²) in [6, 6.07) is 0. The summed E-state index contributed by atoms with van der Waals surface area (Å²) in [6.07, 6.45) is 3.80. The van der Waals surface area contributed by atoms with Crippen LogP contribution in [0.2, 0.25) is 0 Å². The van der Waals surface area contributed by atoms with Crippen LogP contribution in [0.25, 0.3) is 0 Å². The molecular weight excluding hydrogens is 168 g/mol. The highest BCUT2D eigenvalue weighted by Gasteiger charge is 2.27. The minimum Gasteiger partial charge on any atom is -0.529 e. The van der Waals surface area contributed by atoms with Crippen molar-refractivity contribution < 1.29 is 9.22 Å². The molecule has 0 unspecified atom stereocenters. The molecule has 0 bridgehead atoms. The molecule has 0 amide bonds.